The minimum atomic E-state index is -0.0267. The number of methoxy groups -OCH3 is 1. The zero-order chi connectivity index (χ0) is 8.43. The maximum absolute atomic E-state index is 11.1. The van der Waals surface area contributed by atoms with Crippen molar-refractivity contribution in [3.8, 4) is 0 Å². The van der Waals surface area contributed by atoms with E-state index in [9.17, 15) is 4.79 Å². The van der Waals surface area contributed by atoms with Gasteiger partial charge in [-0.15, -0.1) is 0 Å². The van der Waals surface area contributed by atoms with Gasteiger partial charge in [0.05, 0.1) is 13.0 Å². The van der Waals surface area contributed by atoms with Crippen LogP contribution in [0.1, 0.15) is 26.7 Å². The summed E-state index contributed by atoms with van der Waals surface area (Å²) in [4.78, 5) is 11.1. The summed E-state index contributed by atoms with van der Waals surface area (Å²) in [6.07, 6.45) is 2.02. The Hall–Kier alpha value is -0.530. The molecule has 1 aliphatic rings. The predicted molar refractivity (Wildman–Crippen MR) is 43.1 cm³/mol. The average Bonchev–Trinajstić information content (AvgIpc) is 2.31. The largest absolute Gasteiger partial charge is 0.469 e. The van der Waals surface area contributed by atoms with Crippen LogP contribution in [0.3, 0.4) is 0 Å². The summed E-state index contributed by atoms with van der Waals surface area (Å²) in [6.45, 7) is 4.40. The van der Waals surface area contributed by atoms with Crippen LogP contribution in [-0.4, -0.2) is 13.1 Å². The molecular formula is C9H16O2. The minimum Gasteiger partial charge on any atom is -0.469 e. The number of ether oxygens (including phenoxy) is 1. The van der Waals surface area contributed by atoms with Crippen molar-refractivity contribution in [3.63, 3.8) is 0 Å². The Morgan fingerprint density at radius 2 is 1.73 bits per heavy atom. The molecule has 0 aromatic carbocycles. The van der Waals surface area contributed by atoms with Crippen LogP contribution in [0.2, 0.25) is 0 Å². The Balaban J connectivity index is 2.46. The summed E-state index contributed by atoms with van der Waals surface area (Å²) >= 11 is 0. The molecule has 0 saturated heterocycles. The van der Waals surface area contributed by atoms with Crippen LogP contribution in [0.15, 0.2) is 0 Å². The van der Waals surface area contributed by atoms with Gasteiger partial charge in [0.1, 0.15) is 0 Å². The molecule has 2 heteroatoms. The van der Waals surface area contributed by atoms with Crippen LogP contribution in [0, 0.1) is 17.8 Å². The third kappa shape index (κ3) is 1.73. The first kappa shape index (κ1) is 8.57. The average molecular weight is 156 g/mol. The lowest BCUT2D eigenvalue weighted by Gasteiger charge is -2.04. The first-order valence-corrected chi connectivity index (χ1v) is 4.23. The summed E-state index contributed by atoms with van der Waals surface area (Å²) in [5.74, 6) is 1.50. The molecule has 2 nitrogen and oxygen atoms in total. The molecule has 0 spiro atoms. The lowest BCUT2D eigenvalue weighted by atomic mass is 10.0. The number of carbonyl (C=O) groups is 1. The Kier molecular flexibility index (Phi) is 2.53. The second kappa shape index (κ2) is 3.24. The highest BCUT2D eigenvalue weighted by Crippen LogP contribution is 2.36. The van der Waals surface area contributed by atoms with Crippen molar-refractivity contribution in [1.82, 2.24) is 0 Å². The highest BCUT2D eigenvalue weighted by Gasteiger charge is 2.33. The Morgan fingerprint density at radius 3 is 2.09 bits per heavy atom. The van der Waals surface area contributed by atoms with Crippen LogP contribution < -0.4 is 0 Å². The predicted octanol–water partition coefficient (Wildman–Crippen LogP) is 1.84. The molecule has 0 bridgehead atoms. The Morgan fingerprint density at radius 1 is 1.27 bits per heavy atom. The SMILES string of the molecule is COC(=O)C1C[C@@H](C)[C@@H](C)C1. The highest BCUT2D eigenvalue weighted by molar-refractivity contribution is 5.72. The van der Waals surface area contributed by atoms with Crippen molar-refractivity contribution < 1.29 is 9.53 Å². The molecule has 0 amide bonds. The lowest BCUT2D eigenvalue weighted by Crippen LogP contribution is -2.12. The Bertz CT molecular complexity index is 144. The second-order valence-electron chi connectivity index (χ2n) is 3.65. The molecule has 0 radical (unpaired) electrons. The first-order valence-electron chi connectivity index (χ1n) is 4.23. The molecule has 0 aliphatic heterocycles. The third-order valence-electron chi connectivity index (χ3n) is 2.82. The van der Waals surface area contributed by atoms with E-state index in [1.807, 2.05) is 0 Å². The van der Waals surface area contributed by atoms with Gasteiger partial charge in [-0.3, -0.25) is 4.79 Å². The van der Waals surface area contributed by atoms with Gasteiger partial charge in [0, 0.05) is 0 Å². The molecule has 1 aliphatic carbocycles. The molecule has 3 atom stereocenters. The van der Waals surface area contributed by atoms with Crippen LogP contribution in [0.25, 0.3) is 0 Å². The quantitative estimate of drug-likeness (QED) is 0.541. The number of hydrogen-bond donors (Lipinski definition) is 0. The van der Waals surface area contributed by atoms with E-state index in [0.29, 0.717) is 11.8 Å². The van der Waals surface area contributed by atoms with Gasteiger partial charge < -0.3 is 4.74 Å². The van der Waals surface area contributed by atoms with Crippen LogP contribution in [0.4, 0.5) is 0 Å². The zero-order valence-electron chi connectivity index (χ0n) is 7.46. The summed E-state index contributed by atoms with van der Waals surface area (Å²) < 4.78 is 4.69. The van der Waals surface area contributed by atoms with Gasteiger partial charge >= 0.3 is 5.97 Å². The van der Waals surface area contributed by atoms with E-state index in [-0.39, 0.29) is 11.9 Å². The van der Waals surface area contributed by atoms with E-state index in [4.69, 9.17) is 4.74 Å². The van der Waals surface area contributed by atoms with Crippen molar-refractivity contribution in [1.29, 1.82) is 0 Å². The zero-order valence-corrected chi connectivity index (χ0v) is 7.46. The molecular weight excluding hydrogens is 140 g/mol. The van der Waals surface area contributed by atoms with Crippen molar-refractivity contribution in [2.75, 3.05) is 7.11 Å². The van der Waals surface area contributed by atoms with E-state index in [2.05, 4.69) is 13.8 Å². The van der Waals surface area contributed by atoms with E-state index < -0.39 is 0 Å². The van der Waals surface area contributed by atoms with E-state index in [0.717, 1.165) is 12.8 Å². The summed E-state index contributed by atoms with van der Waals surface area (Å²) in [5.41, 5.74) is 0. The van der Waals surface area contributed by atoms with Crippen molar-refractivity contribution >= 4 is 5.97 Å². The molecule has 1 saturated carbocycles. The van der Waals surface area contributed by atoms with Gasteiger partial charge in [-0.25, -0.2) is 0 Å². The molecule has 1 rings (SSSR count). The van der Waals surface area contributed by atoms with E-state index in [1.165, 1.54) is 7.11 Å². The fourth-order valence-corrected chi connectivity index (χ4v) is 1.82. The molecule has 0 heterocycles. The van der Waals surface area contributed by atoms with E-state index >= 15 is 0 Å². The maximum Gasteiger partial charge on any atom is 0.308 e. The fraction of sp³-hybridized carbons (Fsp3) is 0.889. The van der Waals surface area contributed by atoms with Gasteiger partial charge in [-0.2, -0.15) is 0 Å². The molecule has 0 N–H and O–H groups in total. The second-order valence-corrected chi connectivity index (χ2v) is 3.65. The number of esters is 1. The fourth-order valence-electron chi connectivity index (χ4n) is 1.82. The van der Waals surface area contributed by atoms with Crippen LogP contribution >= 0.6 is 0 Å². The van der Waals surface area contributed by atoms with Gasteiger partial charge in [0.15, 0.2) is 0 Å². The molecule has 64 valence electrons. The van der Waals surface area contributed by atoms with Crippen molar-refractivity contribution in [3.05, 3.63) is 0 Å². The molecule has 1 fully saturated rings. The molecule has 1 unspecified atom stereocenters. The van der Waals surface area contributed by atoms with Gasteiger partial charge in [0.25, 0.3) is 0 Å². The minimum absolute atomic E-state index is 0.0267. The molecule has 11 heavy (non-hydrogen) atoms. The van der Waals surface area contributed by atoms with Gasteiger partial charge in [-0.05, 0) is 24.7 Å². The lowest BCUT2D eigenvalue weighted by molar-refractivity contribution is -0.145. The van der Waals surface area contributed by atoms with E-state index in [1.54, 1.807) is 0 Å². The van der Waals surface area contributed by atoms with Crippen LogP contribution in [-0.2, 0) is 9.53 Å². The molecule has 0 aromatic rings. The smallest absolute Gasteiger partial charge is 0.308 e. The highest BCUT2D eigenvalue weighted by atomic mass is 16.5. The maximum atomic E-state index is 11.1. The van der Waals surface area contributed by atoms with Crippen LogP contribution in [0.5, 0.6) is 0 Å². The van der Waals surface area contributed by atoms with Gasteiger partial charge in [0.2, 0.25) is 0 Å². The normalized spacial score (nSPS) is 37.2. The third-order valence-corrected chi connectivity index (χ3v) is 2.82. The monoisotopic (exact) mass is 156 g/mol. The number of hydrogen-bond acceptors (Lipinski definition) is 2. The summed E-state index contributed by atoms with van der Waals surface area (Å²) in [7, 11) is 1.47. The van der Waals surface area contributed by atoms with Gasteiger partial charge in [-0.1, -0.05) is 13.8 Å². The standard InChI is InChI=1S/C9H16O2/c1-6-4-8(5-7(6)2)9(10)11-3/h6-8H,4-5H2,1-3H3/t6-,7+,8?. The van der Waals surface area contributed by atoms with Crippen molar-refractivity contribution in [2.24, 2.45) is 17.8 Å². The first-order chi connectivity index (χ1) is 5.15. The summed E-state index contributed by atoms with van der Waals surface area (Å²) in [5, 5.41) is 0. The molecule has 0 aromatic heterocycles. The number of carbonyl (C=O) groups excluding carboxylic acids is 1. The van der Waals surface area contributed by atoms with Crippen molar-refractivity contribution in [2.45, 2.75) is 26.7 Å². The summed E-state index contributed by atoms with van der Waals surface area (Å²) in [6, 6.07) is 0. The Labute approximate surface area is 67.9 Å². The number of rotatable bonds is 1. The topological polar surface area (TPSA) is 26.3 Å².